The zero-order chi connectivity index (χ0) is 22.8. The van der Waals surface area contributed by atoms with Crippen LogP contribution in [0.5, 0.6) is 0 Å². The summed E-state index contributed by atoms with van der Waals surface area (Å²) < 4.78 is 1.30. The molecule has 0 spiro atoms. The molecular weight excluding hydrogens is 460 g/mol. The van der Waals surface area contributed by atoms with E-state index in [0.29, 0.717) is 15.8 Å². The van der Waals surface area contributed by atoms with E-state index < -0.39 is 11.5 Å². The Labute approximate surface area is 194 Å². The Kier molecular flexibility index (Phi) is 5.47. The van der Waals surface area contributed by atoms with Gasteiger partial charge in [-0.1, -0.05) is 42.5 Å². The van der Waals surface area contributed by atoms with Crippen LogP contribution in [0.1, 0.15) is 10.4 Å². The topological polar surface area (TPSA) is 126 Å². The Morgan fingerprint density at radius 1 is 1.03 bits per heavy atom. The van der Waals surface area contributed by atoms with Gasteiger partial charge in [-0.25, -0.2) is 14.8 Å². The number of rotatable bonds is 6. The smallest absolute Gasteiger partial charge is 0.337 e. The van der Waals surface area contributed by atoms with E-state index in [1.165, 1.54) is 39.5 Å². The fourth-order valence-corrected chi connectivity index (χ4v) is 4.53. The fourth-order valence-electron chi connectivity index (χ4n) is 3.11. The number of nitrogens with zero attached hydrogens (tertiary/aromatic N) is 5. The minimum Gasteiger partial charge on any atom is -0.478 e. The van der Waals surface area contributed by atoms with Crippen LogP contribution in [-0.4, -0.2) is 30.8 Å². The normalized spacial score (nSPS) is 11.3. The molecule has 0 amide bonds. The first kappa shape index (κ1) is 20.7. The van der Waals surface area contributed by atoms with Gasteiger partial charge >= 0.3 is 11.5 Å². The van der Waals surface area contributed by atoms with Crippen molar-refractivity contribution in [3.63, 3.8) is 0 Å². The number of carbonyl (C=O) groups is 1. The molecule has 5 rings (SSSR count). The molecule has 0 saturated heterocycles. The van der Waals surface area contributed by atoms with Crippen LogP contribution in [0.3, 0.4) is 0 Å². The molecule has 2 aromatic carbocycles. The van der Waals surface area contributed by atoms with Crippen LogP contribution >= 0.6 is 22.7 Å². The summed E-state index contributed by atoms with van der Waals surface area (Å²) in [7, 11) is 0. The SMILES string of the molecule is O=C(O)c1ccccc1N=Nc1c(-c2nccs2)[nH]n(-c2nc(-c3ccccc3)cs2)c1=O. The van der Waals surface area contributed by atoms with Crippen molar-refractivity contribution >= 4 is 40.0 Å². The van der Waals surface area contributed by atoms with Crippen molar-refractivity contribution in [2.24, 2.45) is 10.2 Å². The first-order valence-corrected chi connectivity index (χ1v) is 11.4. The third kappa shape index (κ3) is 4.02. The zero-order valence-corrected chi connectivity index (χ0v) is 18.4. The van der Waals surface area contributed by atoms with E-state index in [0.717, 1.165) is 11.3 Å². The molecule has 2 N–H and O–H groups in total. The number of aromatic amines is 1. The summed E-state index contributed by atoms with van der Waals surface area (Å²) in [4.78, 5) is 33.6. The molecule has 0 saturated carbocycles. The van der Waals surface area contributed by atoms with Crippen molar-refractivity contribution in [1.82, 2.24) is 19.7 Å². The van der Waals surface area contributed by atoms with Crippen molar-refractivity contribution in [2.75, 3.05) is 0 Å². The number of aromatic carboxylic acids is 1. The van der Waals surface area contributed by atoms with Crippen LogP contribution in [0, 0.1) is 0 Å². The molecule has 0 aliphatic carbocycles. The van der Waals surface area contributed by atoms with Gasteiger partial charge in [-0.3, -0.25) is 9.89 Å². The highest BCUT2D eigenvalue weighted by atomic mass is 32.1. The van der Waals surface area contributed by atoms with Gasteiger partial charge < -0.3 is 5.11 Å². The molecule has 0 atom stereocenters. The average molecular weight is 475 g/mol. The van der Waals surface area contributed by atoms with E-state index in [2.05, 4.69) is 25.3 Å². The minimum absolute atomic E-state index is 0.0136. The zero-order valence-electron chi connectivity index (χ0n) is 16.7. The number of nitrogens with one attached hydrogen (secondary N) is 1. The van der Waals surface area contributed by atoms with E-state index in [4.69, 9.17) is 0 Å². The summed E-state index contributed by atoms with van der Waals surface area (Å²) >= 11 is 2.64. The number of hydrogen-bond donors (Lipinski definition) is 2. The molecule has 5 aromatic rings. The van der Waals surface area contributed by atoms with E-state index in [-0.39, 0.29) is 16.9 Å². The largest absolute Gasteiger partial charge is 0.478 e. The van der Waals surface area contributed by atoms with Gasteiger partial charge in [0.15, 0.2) is 5.69 Å². The molecular formula is C22H14N6O3S2. The van der Waals surface area contributed by atoms with Crippen LogP contribution in [0.15, 0.2) is 86.6 Å². The third-order valence-electron chi connectivity index (χ3n) is 4.66. The highest BCUT2D eigenvalue weighted by Gasteiger charge is 2.21. The van der Waals surface area contributed by atoms with Gasteiger partial charge in [-0.15, -0.1) is 32.9 Å². The van der Waals surface area contributed by atoms with E-state index in [1.54, 1.807) is 23.7 Å². The number of azo groups is 1. The Morgan fingerprint density at radius 2 is 1.82 bits per heavy atom. The predicted molar refractivity (Wildman–Crippen MR) is 126 cm³/mol. The lowest BCUT2D eigenvalue weighted by atomic mass is 10.2. The Bertz CT molecular complexity index is 1520. The second-order valence-corrected chi connectivity index (χ2v) is 8.45. The van der Waals surface area contributed by atoms with Gasteiger partial charge in [-0.05, 0) is 12.1 Å². The number of carboxylic acid groups (broad SMARTS) is 1. The van der Waals surface area contributed by atoms with Gasteiger partial charge in [0, 0.05) is 22.5 Å². The Hall–Kier alpha value is -4.22. The molecule has 9 nitrogen and oxygen atoms in total. The second kappa shape index (κ2) is 8.73. The maximum absolute atomic E-state index is 13.3. The average Bonchev–Trinajstić information content (AvgIpc) is 3.59. The lowest BCUT2D eigenvalue weighted by Gasteiger charge is -1.98. The molecule has 33 heavy (non-hydrogen) atoms. The van der Waals surface area contributed by atoms with E-state index in [1.807, 2.05) is 35.7 Å². The van der Waals surface area contributed by atoms with Gasteiger partial charge in [0.25, 0.3) is 0 Å². The molecule has 0 fully saturated rings. The van der Waals surface area contributed by atoms with Crippen molar-refractivity contribution in [1.29, 1.82) is 0 Å². The van der Waals surface area contributed by atoms with E-state index >= 15 is 0 Å². The number of carboxylic acids is 1. The number of aromatic nitrogens is 4. The number of H-pyrrole nitrogens is 1. The van der Waals surface area contributed by atoms with Crippen LogP contribution in [0.4, 0.5) is 11.4 Å². The summed E-state index contributed by atoms with van der Waals surface area (Å²) in [6.07, 6.45) is 1.62. The third-order valence-corrected chi connectivity index (χ3v) is 6.27. The Balaban J connectivity index is 1.60. The first-order chi connectivity index (χ1) is 16.1. The summed E-state index contributed by atoms with van der Waals surface area (Å²) in [6.45, 7) is 0. The maximum Gasteiger partial charge on any atom is 0.337 e. The molecule has 11 heteroatoms. The number of hydrogen-bond acceptors (Lipinski definition) is 8. The predicted octanol–water partition coefficient (Wildman–Crippen LogP) is 5.53. The quantitative estimate of drug-likeness (QED) is 0.313. The monoisotopic (exact) mass is 474 g/mol. The lowest BCUT2D eigenvalue weighted by molar-refractivity contribution is 0.0697. The molecule has 0 aliphatic rings. The molecule has 3 aromatic heterocycles. The summed E-state index contributed by atoms with van der Waals surface area (Å²) in [5.41, 5.74) is 1.73. The molecule has 0 unspecified atom stereocenters. The second-order valence-electron chi connectivity index (χ2n) is 6.72. The van der Waals surface area contributed by atoms with Crippen molar-refractivity contribution < 1.29 is 9.90 Å². The summed E-state index contributed by atoms with van der Waals surface area (Å²) in [5, 5.41) is 25.2. The molecule has 162 valence electrons. The van der Waals surface area contributed by atoms with Crippen LogP contribution < -0.4 is 5.56 Å². The highest BCUT2D eigenvalue weighted by Crippen LogP contribution is 2.31. The summed E-state index contributed by atoms with van der Waals surface area (Å²) in [5.74, 6) is -1.13. The number of benzene rings is 2. The maximum atomic E-state index is 13.3. The van der Waals surface area contributed by atoms with Gasteiger partial charge in [0.2, 0.25) is 5.13 Å². The Morgan fingerprint density at radius 3 is 2.58 bits per heavy atom. The number of thiazole rings is 2. The van der Waals surface area contributed by atoms with Crippen LogP contribution in [0.25, 0.3) is 27.1 Å². The lowest BCUT2D eigenvalue weighted by Crippen LogP contribution is -2.13. The van der Waals surface area contributed by atoms with Crippen molar-refractivity contribution in [2.45, 2.75) is 0 Å². The molecule has 0 aliphatic heterocycles. The van der Waals surface area contributed by atoms with Gasteiger partial charge in [0.1, 0.15) is 16.4 Å². The highest BCUT2D eigenvalue weighted by molar-refractivity contribution is 7.13. The van der Waals surface area contributed by atoms with Gasteiger partial charge in [-0.2, -0.15) is 4.68 Å². The first-order valence-electron chi connectivity index (χ1n) is 9.62. The van der Waals surface area contributed by atoms with Gasteiger partial charge in [0.05, 0.1) is 11.3 Å². The standard InChI is InChI=1S/C22H14N6O3S2/c29-20-18(26-25-15-9-5-4-8-14(15)21(30)31)17(19-23-10-11-32-19)27-28(20)22-24-16(12-33-22)13-6-2-1-3-7-13/h1-12,27H,(H,30,31). The molecule has 0 bridgehead atoms. The van der Waals surface area contributed by atoms with Crippen LogP contribution in [-0.2, 0) is 0 Å². The van der Waals surface area contributed by atoms with Crippen molar-refractivity contribution in [3.05, 3.63) is 87.5 Å². The molecule has 3 heterocycles. The minimum atomic E-state index is -1.13. The van der Waals surface area contributed by atoms with Crippen LogP contribution in [0.2, 0.25) is 0 Å². The van der Waals surface area contributed by atoms with Crippen molar-refractivity contribution in [3.8, 4) is 27.1 Å². The fraction of sp³-hybridized carbons (Fsp3) is 0. The molecule has 0 radical (unpaired) electrons. The summed E-state index contributed by atoms with van der Waals surface area (Å²) in [6, 6.07) is 15.8. The van der Waals surface area contributed by atoms with E-state index in [9.17, 15) is 14.7 Å².